The second-order valence-electron chi connectivity index (χ2n) is 8.61. The van der Waals surface area contributed by atoms with Gasteiger partial charge in [-0.2, -0.15) is 0 Å². The van der Waals surface area contributed by atoms with Gasteiger partial charge in [0.05, 0.1) is 6.42 Å². The molecule has 5 rings (SSSR count). The first kappa shape index (κ1) is 20.2. The number of aromatic nitrogens is 3. The lowest BCUT2D eigenvalue weighted by Crippen LogP contribution is -2.40. The van der Waals surface area contributed by atoms with Crippen molar-refractivity contribution >= 4 is 22.6 Å². The van der Waals surface area contributed by atoms with Crippen LogP contribution >= 0.6 is 0 Å². The molecule has 1 fully saturated rings. The topological polar surface area (TPSA) is 87.9 Å². The normalized spacial score (nSPS) is 16.4. The van der Waals surface area contributed by atoms with Gasteiger partial charge >= 0.3 is 0 Å². The third-order valence-electron chi connectivity index (χ3n) is 6.30. The monoisotopic (exact) mass is 425 g/mol. The fourth-order valence-corrected chi connectivity index (χ4v) is 4.64. The maximum atomic E-state index is 13.1. The summed E-state index contributed by atoms with van der Waals surface area (Å²) in [6.07, 6.45) is 6.19. The van der Waals surface area contributed by atoms with Crippen LogP contribution in [0.3, 0.4) is 0 Å². The number of carbonyl (C=O) groups is 1. The van der Waals surface area contributed by atoms with Crippen LogP contribution in [0.25, 0.3) is 22.0 Å². The van der Waals surface area contributed by atoms with Crippen molar-refractivity contribution in [2.45, 2.75) is 32.1 Å². The Hall–Kier alpha value is -3.67. The minimum atomic E-state index is 0.176. The molecule has 4 aromatic rings. The molecule has 1 atom stereocenters. The number of piperidine rings is 1. The quantitative estimate of drug-likeness (QED) is 0.505. The highest BCUT2D eigenvalue weighted by Gasteiger charge is 2.26. The molecule has 1 amide bonds. The predicted octanol–water partition coefficient (Wildman–Crippen LogP) is 4.46. The standard InChI is InChI=1S/C26H27N5O/c1-17-11-20(18-8-9-25(27)29-14-18)12-24(30-17)19-5-4-10-31(16-19)26(32)13-21-15-28-23-7-3-2-6-22(21)23/h2-3,6-9,11-12,14-15,19,28H,4-5,10,13,16H2,1H3,(H2,27,29)/t19-/m0/s1. The number of nitrogens with zero attached hydrogens (tertiary/aromatic N) is 3. The molecule has 0 spiro atoms. The highest BCUT2D eigenvalue weighted by atomic mass is 16.2. The smallest absolute Gasteiger partial charge is 0.227 e. The molecule has 0 unspecified atom stereocenters. The molecule has 4 heterocycles. The number of carbonyl (C=O) groups excluding carboxylic acids is 1. The lowest BCUT2D eigenvalue weighted by molar-refractivity contribution is -0.131. The molecule has 3 aromatic heterocycles. The first-order valence-corrected chi connectivity index (χ1v) is 11.1. The number of rotatable bonds is 4. The van der Waals surface area contributed by atoms with Gasteiger partial charge in [0.1, 0.15) is 5.82 Å². The summed E-state index contributed by atoms with van der Waals surface area (Å²) in [4.78, 5) is 27.5. The lowest BCUT2D eigenvalue weighted by Gasteiger charge is -2.33. The fourth-order valence-electron chi connectivity index (χ4n) is 4.64. The SMILES string of the molecule is Cc1cc(-c2ccc(N)nc2)cc([C@H]2CCCN(C(=O)Cc3c[nH]c4ccccc34)C2)n1. The number of nitrogens with two attached hydrogens (primary N) is 1. The Kier molecular flexibility index (Phi) is 5.35. The number of aromatic amines is 1. The van der Waals surface area contributed by atoms with E-state index in [0.717, 1.165) is 58.4 Å². The number of fused-ring (bicyclic) bond motifs is 1. The number of nitrogen functional groups attached to an aromatic ring is 1. The molecule has 1 aliphatic heterocycles. The van der Waals surface area contributed by atoms with E-state index in [9.17, 15) is 4.79 Å². The molecule has 6 nitrogen and oxygen atoms in total. The number of anilines is 1. The van der Waals surface area contributed by atoms with Crippen molar-refractivity contribution in [3.05, 3.63) is 77.9 Å². The molecule has 32 heavy (non-hydrogen) atoms. The van der Waals surface area contributed by atoms with Crippen LogP contribution in [0.1, 0.15) is 35.7 Å². The van der Waals surface area contributed by atoms with E-state index in [-0.39, 0.29) is 11.8 Å². The van der Waals surface area contributed by atoms with Crippen LogP contribution in [0.15, 0.2) is 60.9 Å². The summed E-state index contributed by atoms with van der Waals surface area (Å²) in [6, 6.07) is 16.1. The molecule has 6 heteroatoms. The average Bonchev–Trinajstić information content (AvgIpc) is 3.22. The molecule has 1 aliphatic rings. The van der Waals surface area contributed by atoms with Crippen LogP contribution in [0.4, 0.5) is 5.82 Å². The number of nitrogens with one attached hydrogen (secondary N) is 1. The van der Waals surface area contributed by atoms with Crippen molar-refractivity contribution in [1.82, 2.24) is 19.9 Å². The first-order valence-electron chi connectivity index (χ1n) is 11.1. The van der Waals surface area contributed by atoms with Crippen LogP contribution in [0, 0.1) is 6.92 Å². The predicted molar refractivity (Wildman–Crippen MR) is 127 cm³/mol. The second-order valence-corrected chi connectivity index (χ2v) is 8.61. The summed E-state index contributed by atoms with van der Waals surface area (Å²) in [5.74, 6) is 0.919. The van der Waals surface area contributed by atoms with Crippen LogP contribution in [-0.2, 0) is 11.2 Å². The molecular weight excluding hydrogens is 398 g/mol. The highest BCUT2D eigenvalue weighted by Crippen LogP contribution is 2.30. The number of pyridine rings is 2. The van der Waals surface area contributed by atoms with Gasteiger partial charge in [-0.1, -0.05) is 18.2 Å². The summed E-state index contributed by atoms with van der Waals surface area (Å²) >= 11 is 0. The number of hydrogen-bond donors (Lipinski definition) is 2. The third kappa shape index (κ3) is 4.08. The van der Waals surface area contributed by atoms with Crippen LogP contribution in [0.5, 0.6) is 0 Å². The van der Waals surface area contributed by atoms with E-state index in [1.165, 1.54) is 0 Å². The van der Waals surface area contributed by atoms with E-state index >= 15 is 0 Å². The molecule has 0 aliphatic carbocycles. The van der Waals surface area contributed by atoms with Crippen molar-refractivity contribution in [2.24, 2.45) is 0 Å². The summed E-state index contributed by atoms with van der Waals surface area (Å²) < 4.78 is 0. The minimum absolute atomic E-state index is 0.176. The maximum Gasteiger partial charge on any atom is 0.227 e. The van der Waals surface area contributed by atoms with E-state index in [2.05, 4.69) is 28.2 Å². The second kappa shape index (κ2) is 8.46. The Bertz CT molecular complexity index is 1260. The molecule has 1 saturated heterocycles. The number of benzene rings is 1. The van der Waals surface area contributed by atoms with Crippen molar-refractivity contribution in [1.29, 1.82) is 0 Å². The van der Waals surface area contributed by atoms with Crippen molar-refractivity contribution in [3.8, 4) is 11.1 Å². The highest BCUT2D eigenvalue weighted by molar-refractivity contribution is 5.89. The van der Waals surface area contributed by atoms with Crippen LogP contribution in [0.2, 0.25) is 0 Å². The van der Waals surface area contributed by atoms with Crippen LogP contribution in [-0.4, -0.2) is 38.8 Å². The summed E-state index contributed by atoms with van der Waals surface area (Å²) in [6.45, 7) is 3.52. The Labute approximate surface area is 187 Å². The number of likely N-dealkylation sites (tertiary alicyclic amines) is 1. The van der Waals surface area contributed by atoms with Gasteiger partial charge in [-0.15, -0.1) is 0 Å². The van der Waals surface area contributed by atoms with Gasteiger partial charge in [-0.05, 0) is 61.2 Å². The number of para-hydroxylation sites is 1. The number of H-pyrrole nitrogens is 1. The molecule has 0 saturated carbocycles. The Morgan fingerprint density at radius 3 is 2.91 bits per heavy atom. The largest absolute Gasteiger partial charge is 0.384 e. The van der Waals surface area contributed by atoms with E-state index in [1.54, 1.807) is 6.20 Å². The van der Waals surface area contributed by atoms with Gasteiger partial charge in [0.2, 0.25) is 5.91 Å². The molecular formula is C26H27N5O. The fraction of sp³-hybridized carbons (Fsp3) is 0.269. The van der Waals surface area contributed by atoms with E-state index < -0.39 is 0 Å². The summed E-state index contributed by atoms with van der Waals surface area (Å²) in [5, 5.41) is 1.12. The van der Waals surface area contributed by atoms with Gasteiger partial charge in [0.15, 0.2) is 0 Å². The lowest BCUT2D eigenvalue weighted by atomic mass is 9.92. The van der Waals surface area contributed by atoms with Crippen molar-refractivity contribution < 1.29 is 4.79 Å². The molecule has 3 N–H and O–H groups in total. The van der Waals surface area contributed by atoms with Gasteiger partial charge < -0.3 is 15.6 Å². The van der Waals surface area contributed by atoms with Crippen molar-refractivity contribution in [2.75, 3.05) is 18.8 Å². The zero-order valence-corrected chi connectivity index (χ0v) is 18.2. The Morgan fingerprint density at radius 1 is 1.19 bits per heavy atom. The van der Waals surface area contributed by atoms with Gasteiger partial charge in [0.25, 0.3) is 0 Å². The zero-order chi connectivity index (χ0) is 22.1. The van der Waals surface area contributed by atoms with E-state index in [0.29, 0.717) is 18.8 Å². The summed E-state index contributed by atoms with van der Waals surface area (Å²) in [7, 11) is 0. The number of aryl methyl sites for hydroxylation is 1. The van der Waals surface area contributed by atoms with E-state index in [4.69, 9.17) is 10.7 Å². The maximum absolute atomic E-state index is 13.1. The average molecular weight is 426 g/mol. The molecule has 1 aromatic carbocycles. The Morgan fingerprint density at radius 2 is 2.06 bits per heavy atom. The van der Waals surface area contributed by atoms with Gasteiger partial charge in [-0.25, -0.2) is 4.98 Å². The number of hydrogen-bond acceptors (Lipinski definition) is 4. The third-order valence-corrected chi connectivity index (χ3v) is 6.30. The van der Waals surface area contributed by atoms with Gasteiger partial charge in [0, 0.05) is 59.3 Å². The molecule has 0 radical (unpaired) electrons. The number of amides is 1. The zero-order valence-electron chi connectivity index (χ0n) is 18.2. The molecule has 162 valence electrons. The summed E-state index contributed by atoms with van der Waals surface area (Å²) in [5.41, 5.74) is 12.0. The van der Waals surface area contributed by atoms with Crippen molar-refractivity contribution in [3.63, 3.8) is 0 Å². The first-order chi connectivity index (χ1) is 15.6. The van der Waals surface area contributed by atoms with E-state index in [1.807, 2.05) is 48.4 Å². The minimum Gasteiger partial charge on any atom is -0.384 e. The van der Waals surface area contributed by atoms with Gasteiger partial charge in [-0.3, -0.25) is 9.78 Å². The van der Waals surface area contributed by atoms with Crippen LogP contribution < -0.4 is 5.73 Å². The Balaban J connectivity index is 1.34. The molecule has 0 bridgehead atoms.